The van der Waals surface area contributed by atoms with Crippen molar-refractivity contribution in [2.45, 2.75) is 46.1 Å². The van der Waals surface area contributed by atoms with Gasteiger partial charge in [0.05, 0.1) is 0 Å². The number of fused-ring (bicyclic) bond motifs is 3. The predicted molar refractivity (Wildman–Crippen MR) is 116 cm³/mol. The van der Waals surface area contributed by atoms with E-state index in [-0.39, 0.29) is 0 Å². The van der Waals surface area contributed by atoms with Crippen LogP contribution in [0.3, 0.4) is 0 Å². The molecule has 0 N–H and O–H groups in total. The van der Waals surface area contributed by atoms with Gasteiger partial charge in [-0.3, -0.25) is 0 Å². The third kappa shape index (κ3) is 3.19. The summed E-state index contributed by atoms with van der Waals surface area (Å²) in [5.41, 5.74) is 4.08. The van der Waals surface area contributed by atoms with Crippen LogP contribution in [0.1, 0.15) is 39.5 Å². The van der Waals surface area contributed by atoms with Crippen molar-refractivity contribution in [3.8, 4) is 10.4 Å². The zero-order valence-electron chi connectivity index (χ0n) is 15.7. The molecule has 1 unspecified atom stereocenters. The fraction of sp³-hybridized carbons (Fsp3) is 0.333. The van der Waals surface area contributed by atoms with Crippen LogP contribution in [0.25, 0.3) is 32.2 Å². The van der Waals surface area contributed by atoms with Gasteiger partial charge in [0, 0.05) is 33.2 Å². The molecule has 0 radical (unpaired) electrons. The number of hydrogen-bond acceptors (Lipinski definition) is 1. The molecule has 4 aromatic rings. The van der Waals surface area contributed by atoms with Crippen molar-refractivity contribution in [1.29, 1.82) is 0 Å². The third-order valence-corrected chi connectivity index (χ3v) is 6.48. The summed E-state index contributed by atoms with van der Waals surface area (Å²) < 4.78 is 2.56. The van der Waals surface area contributed by atoms with Crippen LogP contribution < -0.4 is 0 Å². The van der Waals surface area contributed by atoms with E-state index in [0.717, 1.165) is 12.5 Å². The van der Waals surface area contributed by atoms with Crippen LogP contribution >= 0.6 is 11.3 Å². The Balaban J connectivity index is 1.83. The maximum atomic E-state index is 2.56. The third-order valence-electron chi connectivity index (χ3n) is 5.56. The lowest BCUT2D eigenvalue weighted by molar-refractivity contribution is 0.401. The van der Waals surface area contributed by atoms with E-state index in [1.54, 1.807) is 0 Å². The van der Waals surface area contributed by atoms with Gasteiger partial charge in [0.25, 0.3) is 0 Å². The molecular formula is C24H27NS. The number of nitrogens with zero attached hydrogens (tertiary/aromatic N) is 1. The van der Waals surface area contributed by atoms with Gasteiger partial charge in [-0.25, -0.2) is 0 Å². The molecular weight excluding hydrogens is 334 g/mol. The van der Waals surface area contributed by atoms with Gasteiger partial charge in [-0.15, -0.1) is 11.3 Å². The normalized spacial score (nSPS) is 12.8. The molecule has 0 saturated carbocycles. The lowest BCUT2D eigenvalue weighted by Gasteiger charge is -2.17. The Morgan fingerprint density at radius 2 is 1.77 bits per heavy atom. The van der Waals surface area contributed by atoms with Crippen LogP contribution in [0.15, 0.2) is 60.0 Å². The second-order valence-corrected chi connectivity index (χ2v) is 8.20. The highest BCUT2D eigenvalue weighted by molar-refractivity contribution is 7.13. The molecule has 2 heterocycles. The second kappa shape index (κ2) is 7.67. The minimum Gasteiger partial charge on any atom is -0.340 e. The summed E-state index contributed by atoms with van der Waals surface area (Å²) in [6.07, 6.45) is 5.20. The predicted octanol–water partition coefficient (Wildman–Crippen LogP) is 7.74. The number of para-hydroxylation sites is 1. The van der Waals surface area contributed by atoms with Crippen molar-refractivity contribution < 1.29 is 0 Å². The fourth-order valence-corrected chi connectivity index (χ4v) is 4.75. The van der Waals surface area contributed by atoms with Crippen LogP contribution in [0.5, 0.6) is 0 Å². The molecule has 0 aliphatic carbocycles. The Morgan fingerprint density at radius 1 is 0.923 bits per heavy atom. The quantitative estimate of drug-likeness (QED) is 0.317. The van der Waals surface area contributed by atoms with Gasteiger partial charge in [0.1, 0.15) is 0 Å². The van der Waals surface area contributed by atoms with E-state index < -0.39 is 0 Å². The maximum Gasteiger partial charge on any atom is 0.0491 e. The molecule has 0 bridgehead atoms. The van der Waals surface area contributed by atoms with Crippen LogP contribution in [0.4, 0.5) is 0 Å². The summed E-state index contributed by atoms with van der Waals surface area (Å²) in [5, 5.41) is 4.92. The SMILES string of the molecule is CCCCC(CC)Cn1c2ccccc2c2cc(-c3cccs3)ccc21. The van der Waals surface area contributed by atoms with Crippen molar-refractivity contribution in [2.24, 2.45) is 5.92 Å². The van der Waals surface area contributed by atoms with Crippen molar-refractivity contribution in [1.82, 2.24) is 4.57 Å². The molecule has 0 amide bonds. The van der Waals surface area contributed by atoms with Crippen LogP contribution in [-0.4, -0.2) is 4.57 Å². The smallest absolute Gasteiger partial charge is 0.0491 e. The zero-order chi connectivity index (χ0) is 17.9. The highest BCUT2D eigenvalue weighted by Gasteiger charge is 2.15. The molecule has 4 rings (SSSR count). The van der Waals surface area contributed by atoms with Gasteiger partial charge in [0.15, 0.2) is 0 Å². The number of unbranched alkanes of at least 4 members (excludes halogenated alkanes) is 1. The van der Waals surface area contributed by atoms with Gasteiger partial charge < -0.3 is 4.57 Å². The van der Waals surface area contributed by atoms with E-state index in [2.05, 4.69) is 78.4 Å². The molecule has 2 aromatic carbocycles. The molecule has 1 atom stereocenters. The molecule has 2 heteroatoms. The minimum absolute atomic E-state index is 0.755. The molecule has 134 valence electrons. The Labute approximate surface area is 160 Å². The zero-order valence-corrected chi connectivity index (χ0v) is 16.6. The van der Waals surface area contributed by atoms with E-state index in [1.165, 1.54) is 57.9 Å². The van der Waals surface area contributed by atoms with Crippen molar-refractivity contribution in [3.05, 3.63) is 60.0 Å². The summed E-state index contributed by atoms with van der Waals surface area (Å²) in [5.74, 6) is 0.755. The van der Waals surface area contributed by atoms with Crippen LogP contribution in [-0.2, 0) is 6.54 Å². The average Bonchev–Trinajstić information content (AvgIpc) is 3.32. The topological polar surface area (TPSA) is 4.93 Å². The monoisotopic (exact) mass is 361 g/mol. The summed E-state index contributed by atoms with van der Waals surface area (Å²) in [6, 6.07) is 20.2. The van der Waals surface area contributed by atoms with Gasteiger partial charge in [-0.2, -0.15) is 0 Å². The largest absolute Gasteiger partial charge is 0.340 e. The Morgan fingerprint density at radius 3 is 2.54 bits per heavy atom. The summed E-state index contributed by atoms with van der Waals surface area (Å²) >= 11 is 1.81. The first-order valence-electron chi connectivity index (χ1n) is 9.86. The number of rotatable bonds is 7. The van der Waals surface area contributed by atoms with Crippen molar-refractivity contribution >= 4 is 33.1 Å². The highest BCUT2D eigenvalue weighted by Crippen LogP contribution is 2.35. The van der Waals surface area contributed by atoms with Crippen molar-refractivity contribution in [2.75, 3.05) is 0 Å². The van der Waals surface area contributed by atoms with E-state index in [4.69, 9.17) is 0 Å². The van der Waals surface area contributed by atoms with E-state index in [9.17, 15) is 0 Å². The molecule has 0 aliphatic heterocycles. The summed E-state index contributed by atoms with van der Waals surface area (Å²) in [7, 11) is 0. The first-order valence-corrected chi connectivity index (χ1v) is 10.7. The molecule has 2 aromatic heterocycles. The van der Waals surface area contributed by atoms with Crippen molar-refractivity contribution in [3.63, 3.8) is 0 Å². The van der Waals surface area contributed by atoms with E-state index in [1.807, 2.05) is 11.3 Å². The lowest BCUT2D eigenvalue weighted by Crippen LogP contribution is -2.10. The standard InChI is InChI=1S/C24H27NS/c1-3-5-9-18(4-2)17-25-22-11-7-6-10-20(22)21-16-19(13-14-23(21)25)24-12-8-15-26-24/h6-8,10-16,18H,3-5,9,17H2,1-2H3. The van der Waals surface area contributed by atoms with Gasteiger partial charge >= 0.3 is 0 Å². The maximum absolute atomic E-state index is 2.56. The molecule has 0 spiro atoms. The minimum atomic E-state index is 0.755. The summed E-state index contributed by atoms with van der Waals surface area (Å²) in [4.78, 5) is 1.35. The molecule has 1 nitrogen and oxygen atoms in total. The second-order valence-electron chi connectivity index (χ2n) is 7.25. The van der Waals surface area contributed by atoms with Crippen LogP contribution in [0.2, 0.25) is 0 Å². The number of hydrogen-bond donors (Lipinski definition) is 0. The average molecular weight is 362 g/mol. The number of benzene rings is 2. The first-order chi connectivity index (χ1) is 12.8. The first kappa shape index (κ1) is 17.4. The Hall–Kier alpha value is -2.06. The fourth-order valence-electron chi connectivity index (χ4n) is 4.02. The van der Waals surface area contributed by atoms with E-state index in [0.29, 0.717) is 0 Å². The molecule has 0 fully saturated rings. The number of thiophene rings is 1. The Kier molecular flexibility index (Phi) is 5.12. The molecule has 26 heavy (non-hydrogen) atoms. The van der Waals surface area contributed by atoms with E-state index >= 15 is 0 Å². The Bertz CT molecular complexity index is 994. The number of aromatic nitrogens is 1. The van der Waals surface area contributed by atoms with Gasteiger partial charge in [-0.1, -0.05) is 63.4 Å². The lowest BCUT2D eigenvalue weighted by atomic mass is 9.99. The molecule has 0 saturated heterocycles. The van der Waals surface area contributed by atoms with Gasteiger partial charge in [-0.05, 0) is 47.5 Å². The summed E-state index contributed by atoms with van der Waals surface area (Å²) in [6.45, 7) is 5.75. The van der Waals surface area contributed by atoms with Gasteiger partial charge in [0.2, 0.25) is 0 Å². The van der Waals surface area contributed by atoms with Crippen LogP contribution in [0, 0.1) is 5.92 Å². The molecule has 0 aliphatic rings. The highest BCUT2D eigenvalue weighted by atomic mass is 32.1.